The molecule has 4 rings (SSSR count). The number of amides is 4. The molecule has 1 aliphatic carbocycles. The SMILES string of the molecule is O=C(CN1C(=O)NC2(CCCCCCC2)C1=O)N1CCC(c2ccccc2)=N1. The molecule has 148 valence electrons. The molecule has 7 heteroatoms. The molecular weight excluding hydrogens is 356 g/mol. The van der Waals surface area contributed by atoms with E-state index in [0.717, 1.165) is 41.9 Å². The molecule has 2 heterocycles. The third-order valence-electron chi connectivity index (χ3n) is 5.94. The van der Waals surface area contributed by atoms with Crippen LogP contribution in [0, 0.1) is 0 Å². The van der Waals surface area contributed by atoms with Crippen molar-refractivity contribution in [2.45, 2.75) is 56.9 Å². The van der Waals surface area contributed by atoms with E-state index in [-0.39, 0.29) is 18.4 Å². The van der Waals surface area contributed by atoms with Gasteiger partial charge < -0.3 is 5.32 Å². The van der Waals surface area contributed by atoms with E-state index in [1.807, 2.05) is 30.3 Å². The normalized spacial score (nSPS) is 22.1. The highest BCUT2D eigenvalue weighted by atomic mass is 16.2. The summed E-state index contributed by atoms with van der Waals surface area (Å²) in [4.78, 5) is 39.3. The van der Waals surface area contributed by atoms with Crippen LogP contribution in [0.5, 0.6) is 0 Å². The fraction of sp³-hybridized carbons (Fsp3) is 0.524. The number of nitrogens with zero attached hydrogens (tertiary/aromatic N) is 3. The molecule has 1 saturated heterocycles. The Morgan fingerprint density at radius 3 is 2.43 bits per heavy atom. The van der Waals surface area contributed by atoms with Crippen molar-refractivity contribution >= 4 is 23.6 Å². The molecule has 1 aromatic carbocycles. The van der Waals surface area contributed by atoms with E-state index in [2.05, 4.69) is 10.4 Å². The van der Waals surface area contributed by atoms with Crippen molar-refractivity contribution in [1.29, 1.82) is 0 Å². The third-order valence-corrected chi connectivity index (χ3v) is 5.94. The lowest BCUT2D eigenvalue weighted by Gasteiger charge is -2.28. The Morgan fingerprint density at radius 1 is 1.04 bits per heavy atom. The van der Waals surface area contributed by atoms with Gasteiger partial charge >= 0.3 is 6.03 Å². The second kappa shape index (κ2) is 7.73. The van der Waals surface area contributed by atoms with Gasteiger partial charge in [-0.1, -0.05) is 62.4 Å². The Kier molecular flexibility index (Phi) is 5.15. The first-order valence-corrected chi connectivity index (χ1v) is 10.2. The smallest absolute Gasteiger partial charge is 0.323 e. The van der Waals surface area contributed by atoms with Gasteiger partial charge in [-0.2, -0.15) is 5.10 Å². The van der Waals surface area contributed by atoms with Crippen LogP contribution in [0.4, 0.5) is 4.79 Å². The van der Waals surface area contributed by atoms with Crippen molar-refractivity contribution in [3.63, 3.8) is 0 Å². The van der Waals surface area contributed by atoms with Crippen LogP contribution in [-0.4, -0.2) is 52.1 Å². The first-order valence-electron chi connectivity index (χ1n) is 10.2. The minimum absolute atomic E-state index is 0.251. The molecule has 0 atom stereocenters. The summed E-state index contributed by atoms with van der Waals surface area (Å²) >= 11 is 0. The predicted octanol–water partition coefficient (Wildman–Crippen LogP) is 2.66. The van der Waals surface area contributed by atoms with E-state index in [4.69, 9.17) is 0 Å². The quantitative estimate of drug-likeness (QED) is 0.816. The van der Waals surface area contributed by atoms with Gasteiger partial charge in [0.15, 0.2) is 0 Å². The molecule has 0 radical (unpaired) electrons. The number of imide groups is 1. The van der Waals surface area contributed by atoms with Gasteiger partial charge in [-0.3, -0.25) is 14.5 Å². The average Bonchev–Trinajstić information content (AvgIpc) is 3.26. The van der Waals surface area contributed by atoms with Gasteiger partial charge in [-0.25, -0.2) is 9.80 Å². The van der Waals surface area contributed by atoms with Gasteiger partial charge in [0.1, 0.15) is 12.1 Å². The van der Waals surface area contributed by atoms with Crippen LogP contribution in [0.1, 0.15) is 56.9 Å². The fourth-order valence-electron chi connectivity index (χ4n) is 4.36. The Hall–Kier alpha value is -2.70. The van der Waals surface area contributed by atoms with Crippen LogP contribution >= 0.6 is 0 Å². The minimum Gasteiger partial charge on any atom is -0.323 e. The maximum absolute atomic E-state index is 13.0. The van der Waals surface area contributed by atoms with E-state index < -0.39 is 11.6 Å². The van der Waals surface area contributed by atoms with Crippen LogP contribution < -0.4 is 5.32 Å². The summed E-state index contributed by atoms with van der Waals surface area (Å²) in [7, 11) is 0. The van der Waals surface area contributed by atoms with E-state index in [1.165, 1.54) is 11.4 Å². The number of hydrogen-bond acceptors (Lipinski definition) is 4. The van der Waals surface area contributed by atoms with Crippen LogP contribution in [0.25, 0.3) is 0 Å². The second-order valence-electron chi connectivity index (χ2n) is 7.85. The molecule has 2 fully saturated rings. The van der Waals surface area contributed by atoms with E-state index >= 15 is 0 Å². The fourth-order valence-corrected chi connectivity index (χ4v) is 4.36. The number of carbonyl (C=O) groups excluding carboxylic acids is 3. The van der Waals surface area contributed by atoms with Gasteiger partial charge in [-0.15, -0.1) is 0 Å². The summed E-state index contributed by atoms with van der Waals surface area (Å²) in [5.74, 6) is -0.573. The second-order valence-corrected chi connectivity index (χ2v) is 7.85. The average molecular weight is 382 g/mol. The summed E-state index contributed by atoms with van der Waals surface area (Å²) in [6.45, 7) is 0.218. The molecule has 3 aliphatic rings. The predicted molar refractivity (Wildman–Crippen MR) is 105 cm³/mol. The summed E-state index contributed by atoms with van der Waals surface area (Å²) < 4.78 is 0. The van der Waals surface area contributed by atoms with Crippen LogP contribution in [0.15, 0.2) is 35.4 Å². The molecule has 4 amide bonds. The Labute approximate surface area is 164 Å². The van der Waals surface area contributed by atoms with Crippen molar-refractivity contribution in [3.8, 4) is 0 Å². The highest BCUT2D eigenvalue weighted by molar-refractivity contribution is 6.09. The molecule has 0 unspecified atom stereocenters. The van der Waals surface area contributed by atoms with Gasteiger partial charge in [0.2, 0.25) is 0 Å². The molecule has 1 N–H and O–H groups in total. The Balaban J connectivity index is 1.44. The molecule has 0 bridgehead atoms. The minimum atomic E-state index is -0.818. The first-order chi connectivity index (χ1) is 13.6. The lowest BCUT2D eigenvalue weighted by molar-refractivity contribution is -0.139. The number of benzene rings is 1. The van der Waals surface area contributed by atoms with E-state index in [1.54, 1.807) is 0 Å². The summed E-state index contributed by atoms with van der Waals surface area (Å²) in [6, 6.07) is 9.27. The van der Waals surface area contributed by atoms with Crippen molar-refractivity contribution in [2.24, 2.45) is 5.10 Å². The van der Waals surface area contributed by atoms with Crippen LogP contribution in [0.2, 0.25) is 0 Å². The van der Waals surface area contributed by atoms with E-state index in [9.17, 15) is 14.4 Å². The highest BCUT2D eigenvalue weighted by Gasteiger charge is 2.51. The number of hydrogen-bond donors (Lipinski definition) is 1. The zero-order valence-corrected chi connectivity index (χ0v) is 16.0. The number of urea groups is 1. The number of carbonyl (C=O) groups is 3. The van der Waals surface area contributed by atoms with Gasteiger partial charge in [0.05, 0.1) is 12.3 Å². The first kappa shape index (κ1) is 18.7. The molecule has 1 aromatic rings. The maximum Gasteiger partial charge on any atom is 0.325 e. The summed E-state index contributed by atoms with van der Waals surface area (Å²) in [6.07, 6.45) is 7.15. The molecule has 28 heavy (non-hydrogen) atoms. The molecule has 7 nitrogen and oxygen atoms in total. The molecule has 1 spiro atoms. The zero-order chi connectivity index (χ0) is 19.6. The lowest BCUT2D eigenvalue weighted by atomic mass is 9.84. The summed E-state index contributed by atoms with van der Waals surface area (Å²) in [5.41, 5.74) is 1.02. The van der Waals surface area contributed by atoms with Gasteiger partial charge in [0.25, 0.3) is 11.8 Å². The van der Waals surface area contributed by atoms with Crippen molar-refractivity contribution in [2.75, 3.05) is 13.1 Å². The third kappa shape index (κ3) is 3.53. The van der Waals surface area contributed by atoms with Gasteiger partial charge in [-0.05, 0) is 18.4 Å². The topological polar surface area (TPSA) is 82.1 Å². The van der Waals surface area contributed by atoms with Crippen molar-refractivity contribution in [1.82, 2.24) is 15.2 Å². The Morgan fingerprint density at radius 2 is 1.71 bits per heavy atom. The molecule has 2 aliphatic heterocycles. The van der Waals surface area contributed by atoms with Crippen molar-refractivity contribution in [3.05, 3.63) is 35.9 Å². The largest absolute Gasteiger partial charge is 0.325 e. The monoisotopic (exact) mass is 382 g/mol. The zero-order valence-electron chi connectivity index (χ0n) is 16.0. The molecule has 1 saturated carbocycles. The van der Waals surface area contributed by atoms with Crippen molar-refractivity contribution < 1.29 is 14.4 Å². The lowest BCUT2D eigenvalue weighted by Crippen LogP contribution is -2.48. The number of rotatable bonds is 3. The van der Waals surface area contributed by atoms with Crippen LogP contribution in [0.3, 0.4) is 0 Å². The Bertz CT molecular complexity index is 797. The number of hydrazone groups is 1. The molecular formula is C21H26N4O3. The van der Waals surface area contributed by atoms with E-state index in [0.29, 0.717) is 25.8 Å². The highest BCUT2D eigenvalue weighted by Crippen LogP contribution is 2.32. The molecule has 0 aromatic heterocycles. The maximum atomic E-state index is 13.0. The number of nitrogens with one attached hydrogen (secondary N) is 1. The van der Waals surface area contributed by atoms with Crippen LogP contribution in [-0.2, 0) is 9.59 Å². The standard InChI is InChI=1S/C21H26N4O3/c26-18(25-14-11-17(23-25)16-9-5-4-6-10-16)15-24-19(27)21(22-20(24)28)12-7-2-1-3-8-13-21/h4-6,9-10H,1-3,7-8,11-15H2,(H,22,28). The summed E-state index contributed by atoms with van der Waals surface area (Å²) in [5, 5.41) is 8.69. The van der Waals surface area contributed by atoms with Gasteiger partial charge in [0, 0.05) is 6.42 Å².